The molecular weight excluding hydrogens is 372 g/mol. The molecule has 30 heavy (non-hydrogen) atoms. The van der Waals surface area contributed by atoms with Crippen LogP contribution in [0.25, 0.3) is 11.1 Å². The van der Waals surface area contributed by atoms with Gasteiger partial charge in [-0.05, 0) is 49.2 Å². The topological polar surface area (TPSA) is 54.1 Å². The fraction of sp³-hybridized carbons (Fsp3) is 0.417. The highest BCUT2D eigenvalue weighted by Crippen LogP contribution is 2.41. The van der Waals surface area contributed by atoms with E-state index in [0.29, 0.717) is 0 Å². The van der Waals surface area contributed by atoms with E-state index in [2.05, 4.69) is 68.5 Å². The fourth-order valence-electron chi connectivity index (χ4n) is 5.30. The number of benzene rings is 2. The highest BCUT2D eigenvalue weighted by atomic mass is 15.3. The molecule has 0 saturated carbocycles. The second-order valence-corrected chi connectivity index (χ2v) is 9.04. The third kappa shape index (κ3) is 2.85. The van der Waals surface area contributed by atoms with E-state index in [1.54, 1.807) is 0 Å². The molecular formula is C24H30N6+2. The Labute approximate surface area is 177 Å². The highest BCUT2D eigenvalue weighted by molar-refractivity contribution is 6.03. The maximum atomic E-state index is 3.75. The molecule has 0 spiro atoms. The number of rotatable bonds is 1. The van der Waals surface area contributed by atoms with Crippen LogP contribution in [0.1, 0.15) is 35.1 Å². The predicted molar refractivity (Wildman–Crippen MR) is 122 cm³/mol. The van der Waals surface area contributed by atoms with E-state index in [4.69, 9.17) is 0 Å². The van der Waals surface area contributed by atoms with Crippen LogP contribution in [0, 0.1) is 13.8 Å². The van der Waals surface area contributed by atoms with Gasteiger partial charge in [-0.15, -0.1) is 0 Å². The lowest BCUT2D eigenvalue weighted by Gasteiger charge is -2.28. The molecule has 6 heteroatoms. The molecule has 4 N–H and O–H groups in total. The van der Waals surface area contributed by atoms with Crippen molar-refractivity contribution in [2.24, 2.45) is 0 Å². The van der Waals surface area contributed by atoms with Gasteiger partial charge in [0, 0.05) is 35.1 Å². The average Bonchev–Trinajstić information content (AvgIpc) is 2.75. The predicted octanol–water partition coefficient (Wildman–Crippen LogP) is 2.55. The summed E-state index contributed by atoms with van der Waals surface area (Å²) in [4.78, 5) is 0. The number of aryl methyl sites for hydroxylation is 2. The number of nitrogens with zero attached hydrogens (tertiary/aromatic N) is 2. The number of hydrogen-bond donors (Lipinski definition) is 4. The van der Waals surface area contributed by atoms with Gasteiger partial charge in [-0.2, -0.15) is 0 Å². The van der Waals surface area contributed by atoms with Crippen LogP contribution in [0.15, 0.2) is 24.3 Å². The zero-order valence-corrected chi connectivity index (χ0v) is 17.9. The van der Waals surface area contributed by atoms with Gasteiger partial charge in [-0.25, -0.2) is 10.6 Å². The van der Waals surface area contributed by atoms with E-state index in [1.807, 2.05) is 0 Å². The lowest BCUT2D eigenvalue weighted by molar-refractivity contribution is -0.550. The molecule has 0 aromatic heterocycles. The molecule has 154 valence electrons. The third-order valence-electron chi connectivity index (χ3n) is 6.66. The maximum Gasteiger partial charge on any atom is 0.351 e. The van der Waals surface area contributed by atoms with Crippen molar-refractivity contribution >= 4 is 23.3 Å². The number of nitrogens with one attached hydrogen (secondary N) is 4. The Morgan fingerprint density at radius 1 is 0.667 bits per heavy atom. The minimum atomic E-state index is 0.966. The zero-order valence-electron chi connectivity index (χ0n) is 17.9. The monoisotopic (exact) mass is 402 g/mol. The molecule has 0 aliphatic carbocycles. The SMILES string of the molecule is Cc1cc2c(c(-c3cc(C)cc4c3NC3=[N+](CCCN3)C4)c1)NC1=[N+](CCCN1)C2. The highest BCUT2D eigenvalue weighted by Gasteiger charge is 2.32. The molecule has 0 radical (unpaired) electrons. The van der Waals surface area contributed by atoms with Crippen LogP contribution in [0.3, 0.4) is 0 Å². The van der Waals surface area contributed by atoms with Gasteiger partial charge in [0.1, 0.15) is 11.4 Å². The van der Waals surface area contributed by atoms with Gasteiger partial charge in [0.05, 0.1) is 39.3 Å². The summed E-state index contributed by atoms with van der Waals surface area (Å²) < 4.78 is 4.86. The van der Waals surface area contributed by atoms with Gasteiger partial charge in [-0.1, -0.05) is 0 Å². The number of anilines is 2. The van der Waals surface area contributed by atoms with Crippen molar-refractivity contribution in [1.29, 1.82) is 0 Å². The van der Waals surface area contributed by atoms with Crippen molar-refractivity contribution in [3.8, 4) is 11.1 Å². The van der Waals surface area contributed by atoms with Crippen molar-refractivity contribution in [2.45, 2.75) is 39.8 Å². The normalized spacial score (nSPS) is 19.4. The van der Waals surface area contributed by atoms with Crippen LogP contribution in [-0.4, -0.2) is 47.2 Å². The summed E-state index contributed by atoms with van der Waals surface area (Å²) in [5.41, 5.74) is 10.5. The fourth-order valence-corrected chi connectivity index (χ4v) is 5.30. The molecule has 4 heterocycles. The van der Waals surface area contributed by atoms with Crippen LogP contribution in [-0.2, 0) is 13.1 Å². The minimum Gasteiger partial charge on any atom is -0.277 e. The Kier molecular flexibility index (Phi) is 4.01. The second kappa shape index (κ2) is 6.76. The Morgan fingerprint density at radius 2 is 1.13 bits per heavy atom. The molecule has 0 fully saturated rings. The van der Waals surface area contributed by atoms with Gasteiger partial charge in [0.2, 0.25) is 0 Å². The summed E-state index contributed by atoms with van der Waals surface area (Å²) in [7, 11) is 0. The van der Waals surface area contributed by atoms with E-state index >= 15 is 0 Å². The average molecular weight is 403 g/mol. The number of fused-ring (bicyclic) bond motifs is 2. The first-order valence-corrected chi connectivity index (χ1v) is 11.2. The molecule has 6 nitrogen and oxygen atoms in total. The summed E-state index contributed by atoms with van der Waals surface area (Å²) in [6.07, 6.45) is 2.38. The number of hydrogen-bond acceptors (Lipinski definition) is 4. The first-order chi connectivity index (χ1) is 14.7. The van der Waals surface area contributed by atoms with Gasteiger partial charge >= 0.3 is 11.9 Å². The molecule has 6 rings (SSSR count). The first-order valence-electron chi connectivity index (χ1n) is 11.2. The van der Waals surface area contributed by atoms with Gasteiger partial charge in [0.15, 0.2) is 0 Å². The largest absolute Gasteiger partial charge is 0.351 e. The van der Waals surface area contributed by atoms with Gasteiger partial charge in [0.25, 0.3) is 0 Å². The molecule has 4 aliphatic heterocycles. The Hall–Kier alpha value is -3.02. The van der Waals surface area contributed by atoms with Crippen molar-refractivity contribution in [2.75, 3.05) is 36.8 Å². The summed E-state index contributed by atoms with van der Waals surface area (Å²) in [5, 5.41) is 14.6. The zero-order chi connectivity index (χ0) is 20.2. The summed E-state index contributed by atoms with van der Waals surface area (Å²) in [6, 6.07) is 9.36. The van der Waals surface area contributed by atoms with Gasteiger partial charge in [-0.3, -0.25) is 19.8 Å². The van der Waals surface area contributed by atoms with E-state index < -0.39 is 0 Å². The van der Waals surface area contributed by atoms with E-state index in [9.17, 15) is 0 Å². The molecule has 0 amide bonds. The minimum absolute atomic E-state index is 0.966. The van der Waals surface area contributed by atoms with Crippen LogP contribution >= 0.6 is 0 Å². The van der Waals surface area contributed by atoms with Gasteiger partial charge < -0.3 is 0 Å². The van der Waals surface area contributed by atoms with Crippen molar-refractivity contribution < 1.29 is 9.15 Å². The van der Waals surface area contributed by atoms with E-state index in [-0.39, 0.29) is 0 Å². The lowest BCUT2D eigenvalue weighted by Crippen LogP contribution is -2.47. The van der Waals surface area contributed by atoms with Crippen molar-refractivity contribution in [3.05, 3.63) is 46.5 Å². The molecule has 0 unspecified atom stereocenters. The Bertz CT molecular complexity index is 1040. The molecule has 0 atom stereocenters. The van der Waals surface area contributed by atoms with Crippen LogP contribution in [0.5, 0.6) is 0 Å². The van der Waals surface area contributed by atoms with Crippen LogP contribution < -0.4 is 21.3 Å². The van der Waals surface area contributed by atoms with Crippen LogP contribution in [0.2, 0.25) is 0 Å². The molecule has 4 aliphatic rings. The smallest absolute Gasteiger partial charge is 0.277 e. The van der Waals surface area contributed by atoms with Crippen molar-refractivity contribution in [1.82, 2.24) is 10.6 Å². The van der Waals surface area contributed by atoms with Crippen LogP contribution in [0.4, 0.5) is 11.4 Å². The lowest BCUT2D eigenvalue weighted by atomic mass is 9.91. The Morgan fingerprint density at radius 3 is 1.60 bits per heavy atom. The third-order valence-corrected chi connectivity index (χ3v) is 6.66. The number of guanidine groups is 2. The Balaban J connectivity index is 1.50. The van der Waals surface area contributed by atoms with E-state index in [1.165, 1.54) is 57.6 Å². The summed E-state index contributed by atoms with van der Waals surface area (Å²) >= 11 is 0. The molecule has 0 saturated heterocycles. The maximum absolute atomic E-state index is 3.75. The summed E-state index contributed by atoms with van der Waals surface area (Å²) in [6.45, 7) is 10.7. The second-order valence-electron chi connectivity index (χ2n) is 9.04. The quantitative estimate of drug-likeness (QED) is 0.554. The first kappa shape index (κ1) is 17.8. The molecule has 2 aromatic carbocycles. The van der Waals surface area contributed by atoms with E-state index in [0.717, 1.165) is 51.2 Å². The molecule has 2 aromatic rings. The van der Waals surface area contributed by atoms with Crippen molar-refractivity contribution in [3.63, 3.8) is 0 Å². The molecule has 0 bridgehead atoms. The summed E-state index contributed by atoms with van der Waals surface area (Å²) in [5.74, 6) is 2.31. The standard InChI is InChI=1S/C24H28N6/c1-15-9-17-13-29-7-3-5-25-23(29)27-21(17)19(11-15)20-12-16(2)10-18-14-30-8-4-6-26-24(30)28-22(18)20/h9-12H,3-8,13-14H2,1-2H3,(H2,25,26,27,28)/p+2.